The van der Waals surface area contributed by atoms with Gasteiger partial charge in [0.25, 0.3) is 0 Å². The molecule has 0 atom stereocenters. The molecule has 0 saturated carbocycles. The molecule has 0 radical (unpaired) electrons. The molecule has 4 heteroatoms. The lowest BCUT2D eigenvalue weighted by Crippen LogP contribution is -2.36. The predicted octanol–water partition coefficient (Wildman–Crippen LogP) is 3.23. The number of rotatable bonds is 4. The monoisotopic (exact) mass is 267 g/mol. The van der Waals surface area contributed by atoms with Gasteiger partial charge >= 0.3 is 0 Å². The zero-order valence-electron chi connectivity index (χ0n) is 9.85. The van der Waals surface area contributed by atoms with Gasteiger partial charge in [-0.3, -0.25) is 4.90 Å². The number of nitrogens with zero attached hydrogens (tertiary/aromatic N) is 1. The average molecular weight is 267 g/mol. The minimum Gasteiger partial charge on any atom is -0.379 e. The van der Waals surface area contributed by atoms with Gasteiger partial charge in [-0.05, 0) is 36.9 Å². The van der Waals surface area contributed by atoms with E-state index >= 15 is 0 Å². The van der Waals surface area contributed by atoms with Crippen molar-refractivity contribution in [1.29, 1.82) is 0 Å². The Balaban J connectivity index is 1.49. The Hall–Kier alpha value is -0.420. The Morgan fingerprint density at radius 1 is 1.24 bits per heavy atom. The molecular formula is C13H17NOS2. The van der Waals surface area contributed by atoms with Crippen molar-refractivity contribution in [3.05, 3.63) is 22.4 Å². The van der Waals surface area contributed by atoms with E-state index in [2.05, 4.69) is 22.4 Å². The van der Waals surface area contributed by atoms with Crippen molar-refractivity contribution in [2.24, 2.45) is 0 Å². The second kappa shape index (κ2) is 5.48. The maximum Gasteiger partial charge on any atom is 0.0594 e. The van der Waals surface area contributed by atoms with Crippen LogP contribution in [0.5, 0.6) is 0 Å². The molecule has 2 aromatic heterocycles. The van der Waals surface area contributed by atoms with Crippen molar-refractivity contribution < 1.29 is 4.74 Å². The summed E-state index contributed by atoms with van der Waals surface area (Å²) in [6.45, 7) is 5.26. The molecule has 17 heavy (non-hydrogen) atoms. The molecule has 2 aromatic rings. The minimum absolute atomic E-state index is 0.911. The SMILES string of the molecule is c1cc2sc(CCCN3CCOCC3)cc2s1. The first-order chi connectivity index (χ1) is 8.42. The van der Waals surface area contributed by atoms with Gasteiger partial charge in [0.15, 0.2) is 0 Å². The summed E-state index contributed by atoms with van der Waals surface area (Å²) in [6.07, 6.45) is 2.50. The van der Waals surface area contributed by atoms with Crippen molar-refractivity contribution in [2.75, 3.05) is 32.8 Å². The molecular weight excluding hydrogens is 250 g/mol. The summed E-state index contributed by atoms with van der Waals surface area (Å²) in [5, 5.41) is 2.18. The summed E-state index contributed by atoms with van der Waals surface area (Å²) >= 11 is 3.81. The Kier molecular flexibility index (Phi) is 3.76. The van der Waals surface area contributed by atoms with Gasteiger partial charge in [0, 0.05) is 27.4 Å². The summed E-state index contributed by atoms with van der Waals surface area (Å²) in [4.78, 5) is 4.06. The predicted molar refractivity (Wildman–Crippen MR) is 75.3 cm³/mol. The highest BCUT2D eigenvalue weighted by Crippen LogP contribution is 2.30. The van der Waals surface area contributed by atoms with Gasteiger partial charge in [-0.1, -0.05) is 0 Å². The molecule has 0 N–H and O–H groups in total. The van der Waals surface area contributed by atoms with Crippen LogP contribution in [0.3, 0.4) is 0 Å². The zero-order valence-corrected chi connectivity index (χ0v) is 11.5. The number of fused-ring (bicyclic) bond motifs is 1. The molecule has 3 rings (SSSR count). The Morgan fingerprint density at radius 3 is 2.94 bits per heavy atom. The molecule has 2 nitrogen and oxygen atoms in total. The van der Waals surface area contributed by atoms with Gasteiger partial charge in [-0.15, -0.1) is 22.7 Å². The molecule has 1 aliphatic heterocycles. The highest BCUT2D eigenvalue weighted by Gasteiger charge is 2.10. The fourth-order valence-corrected chi connectivity index (χ4v) is 4.42. The first-order valence-electron chi connectivity index (χ1n) is 6.18. The van der Waals surface area contributed by atoms with Gasteiger partial charge in [0.1, 0.15) is 0 Å². The second-order valence-electron chi connectivity index (χ2n) is 4.42. The van der Waals surface area contributed by atoms with Gasteiger partial charge in [-0.25, -0.2) is 0 Å². The van der Waals surface area contributed by atoms with E-state index in [0.717, 1.165) is 26.3 Å². The minimum atomic E-state index is 0.911. The second-order valence-corrected chi connectivity index (χ2v) is 6.54. The van der Waals surface area contributed by atoms with Crippen molar-refractivity contribution in [2.45, 2.75) is 12.8 Å². The van der Waals surface area contributed by atoms with Crippen LogP contribution >= 0.6 is 22.7 Å². The van der Waals surface area contributed by atoms with Crippen LogP contribution in [0, 0.1) is 0 Å². The lowest BCUT2D eigenvalue weighted by molar-refractivity contribution is 0.0375. The quantitative estimate of drug-likeness (QED) is 0.843. The summed E-state index contributed by atoms with van der Waals surface area (Å²) < 4.78 is 8.27. The lowest BCUT2D eigenvalue weighted by atomic mass is 10.2. The summed E-state index contributed by atoms with van der Waals surface area (Å²) in [6, 6.07) is 4.60. The van der Waals surface area contributed by atoms with Crippen molar-refractivity contribution in [3.8, 4) is 0 Å². The van der Waals surface area contributed by atoms with Crippen molar-refractivity contribution in [3.63, 3.8) is 0 Å². The van der Waals surface area contributed by atoms with Crippen LogP contribution in [-0.2, 0) is 11.2 Å². The molecule has 0 bridgehead atoms. The number of thiophene rings is 2. The fourth-order valence-electron chi connectivity index (χ4n) is 2.24. The first kappa shape index (κ1) is 11.7. The fraction of sp³-hybridized carbons (Fsp3) is 0.538. The summed E-state index contributed by atoms with van der Waals surface area (Å²) in [5.41, 5.74) is 0. The van der Waals surface area contributed by atoms with Crippen molar-refractivity contribution >= 4 is 32.1 Å². The number of hydrogen-bond acceptors (Lipinski definition) is 4. The normalized spacial score (nSPS) is 17.9. The van der Waals surface area contributed by atoms with E-state index in [-0.39, 0.29) is 0 Å². The van der Waals surface area contributed by atoms with E-state index in [1.807, 2.05) is 22.7 Å². The average Bonchev–Trinajstić information content (AvgIpc) is 2.91. The van der Waals surface area contributed by atoms with Crippen molar-refractivity contribution in [1.82, 2.24) is 4.90 Å². The molecule has 0 spiro atoms. The van der Waals surface area contributed by atoms with E-state index in [1.54, 1.807) is 4.88 Å². The molecule has 1 aliphatic rings. The molecule has 0 aliphatic carbocycles. The van der Waals surface area contributed by atoms with E-state index in [9.17, 15) is 0 Å². The van der Waals surface area contributed by atoms with Gasteiger partial charge in [0.2, 0.25) is 0 Å². The highest BCUT2D eigenvalue weighted by molar-refractivity contribution is 7.26. The molecule has 3 heterocycles. The molecule has 1 saturated heterocycles. The van der Waals surface area contributed by atoms with Gasteiger partial charge < -0.3 is 4.74 Å². The third-order valence-electron chi connectivity index (χ3n) is 3.19. The first-order valence-corrected chi connectivity index (χ1v) is 7.87. The number of aryl methyl sites for hydroxylation is 1. The van der Waals surface area contributed by atoms with Crippen LogP contribution in [-0.4, -0.2) is 37.7 Å². The molecule has 0 amide bonds. The van der Waals surface area contributed by atoms with Gasteiger partial charge in [0.05, 0.1) is 13.2 Å². The molecule has 1 fully saturated rings. The lowest BCUT2D eigenvalue weighted by Gasteiger charge is -2.26. The van der Waals surface area contributed by atoms with Crippen LogP contribution in [0.4, 0.5) is 0 Å². The van der Waals surface area contributed by atoms with E-state index in [4.69, 9.17) is 4.74 Å². The molecule has 0 aromatic carbocycles. The van der Waals surface area contributed by atoms with Crippen LogP contribution in [0.15, 0.2) is 17.5 Å². The maximum absolute atomic E-state index is 5.36. The van der Waals surface area contributed by atoms with E-state index in [0.29, 0.717) is 0 Å². The van der Waals surface area contributed by atoms with Crippen LogP contribution in [0.25, 0.3) is 9.40 Å². The summed E-state index contributed by atoms with van der Waals surface area (Å²) in [7, 11) is 0. The van der Waals surface area contributed by atoms with E-state index < -0.39 is 0 Å². The van der Waals surface area contributed by atoms with E-state index in [1.165, 1.54) is 28.8 Å². The maximum atomic E-state index is 5.36. The number of hydrogen-bond donors (Lipinski definition) is 0. The van der Waals surface area contributed by atoms with Gasteiger partial charge in [-0.2, -0.15) is 0 Å². The highest BCUT2D eigenvalue weighted by atomic mass is 32.1. The Morgan fingerprint density at radius 2 is 2.12 bits per heavy atom. The molecule has 0 unspecified atom stereocenters. The van der Waals surface area contributed by atoms with Crippen LogP contribution < -0.4 is 0 Å². The largest absolute Gasteiger partial charge is 0.379 e. The smallest absolute Gasteiger partial charge is 0.0594 e. The molecule has 92 valence electrons. The zero-order chi connectivity index (χ0) is 11.5. The summed E-state index contributed by atoms with van der Waals surface area (Å²) in [5.74, 6) is 0. The number of ether oxygens (including phenoxy) is 1. The standard InChI is InChI=1S/C13H17NOS2/c1(4-14-5-7-15-8-6-14)2-11-10-13-12(17-11)3-9-16-13/h3,9-10H,1-2,4-8H2. The number of morpholine rings is 1. The topological polar surface area (TPSA) is 12.5 Å². The third kappa shape index (κ3) is 2.88. The van der Waals surface area contributed by atoms with Crippen LogP contribution in [0.1, 0.15) is 11.3 Å². The van der Waals surface area contributed by atoms with Crippen LogP contribution in [0.2, 0.25) is 0 Å². The third-order valence-corrected chi connectivity index (χ3v) is 5.34. The Bertz CT molecular complexity index is 442. The Labute approximate surface area is 110 Å².